The van der Waals surface area contributed by atoms with Crippen molar-refractivity contribution in [3.63, 3.8) is 0 Å². The van der Waals surface area contributed by atoms with Gasteiger partial charge in [-0.05, 0) is 24.3 Å². The van der Waals surface area contributed by atoms with Crippen molar-refractivity contribution in [1.82, 2.24) is 4.57 Å². The standard InChI is InChI=1S/C9H9NO.ClH/c1-10-5-4-7-6-8(11)2-3-9(7)10;/h2-6,11H,1H3;1H. The molecular weight excluding hydrogens is 174 g/mol. The molecule has 64 valence electrons. The summed E-state index contributed by atoms with van der Waals surface area (Å²) in [5.41, 5.74) is 1.14. The van der Waals surface area contributed by atoms with E-state index >= 15 is 0 Å². The molecule has 0 fully saturated rings. The van der Waals surface area contributed by atoms with Crippen molar-refractivity contribution in [3.05, 3.63) is 30.5 Å². The van der Waals surface area contributed by atoms with E-state index in [0.717, 1.165) is 10.9 Å². The molecule has 0 radical (unpaired) electrons. The Morgan fingerprint density at radius 2 is 2.00 bits per heavy atom. The van der Waals surface area contributed by atoms with Crippen LogP contribution in [0.1, 0.15) is 0 Å². The van der Waals surface area contributed by atoms with Gasteiger partial charge in [0.25, 0.3) is 0 Å². The monoisotopic (exact) mass is 183 g/mol. The van der Waals surface area contributed by atoms with Crippen LogP contribution < -0.4 is 0 Å². The van der Waals surface area contributed by atoms with Gasteiger partial charge in [0.15, 0.2) is 0 Å². The highest BCUT2D eigenvalue weighted by Crippen LogP contribution is 2.19. The van der Waals surface area contributed by atoms with Gasteiger partial charge in [-0.1, -0.05) is 0 Å². The van der Waals surface area contributed by atoms with Gasteiger partial charge in [-0.25, -0.2) is 0 Å². The Balaban J connectivity index is 0.000000720. The number of benzene rings is 1. The van der Waals surface area contributed by atoms with Crippen LogP contribution in [0.15, 0.2) is 30.5 Å². The van der Waals surface area contributed by atoms with Gasteiger partial charge >= 0.3 is 0 Å². The second-order valence-electron chi connectivity index (χ2n) is 2.67. The molecule has 2 aromatic rings. The number of fused-ring (bicyclic) bond motifs is 1. The lowest BCUT2D eigenvalue weighted by Gasteiger charge is -1.95. The third-order valence-electron chi connectivity index (χ3n) is 1.87. The Kier molecular flexibility index (Phi) is 2.29. The molecule has 0 saturated heterocycles. The van der Waals surface area contributed by atoms with Crippen molar-refractivity contribution < 1.29 is 5.11 Å². The fourth-order valence-electron chi connectivity index (χ4n) is 1.27. The highest BCUT2D eigenvalue weighted by molar-refractivity contribution is 5.85. The lowest BCUT2D eigenvalue weighted by atomic mass is 10.2. The Morgan fingerprint density at radius 3 is 2.75 bits per heavy atom. The molecule has 3 heteroatoms. The van der Waals surface area contributed by atoms with Crippen LogP contribution in [0.4, 0.5) is 0 Å². The van der Waals surface area contributed by atoms with Crippen LogP contribution in [0.5, 0.6) is 5.75 Å². The van der Waals surface area contributed by atoms with Crippen molar-refractivity contribution in [2.45, 2.75) is 0 Å². The molecular formula is C9H10ClNO. The van der Waals surface area contributed by atoms with Crippen LogP contribution in [-0.4, -0.2) is 9.67 Å². The van der Waals surface area contributed by atoms with E-state index in [1.54, 1.807) is 12.1 Å². The molecule has 2 rings (SSSR count). The fraction of sp³-hybridized carbons (Fsp3) is 0.111. The summed E-state index contributed by atoms with van der Waals surface area (Å²) in [6.07, 6.45) is 1.98. The van der Waals surface area contributed by atoms with Gasteiger partial charge in [0.05, 0.1) is 0 Å². The van der Waals surface area contributed by atoms with Crippen molar-refractivity contribution in [1.29, 1.82) is 0 Å². The number of aromatic nitrogens is 1. The van der Waals surface area contributed by atoms with E-state index in [1.807, 2.05) is 29.9 Å². The summed E-state index contributed by atoms with van der Waals surface area (Å²) in [5, 5.41) is 10.2. The predicted molar refractivity (Wildman–Crippen MR) is 51.8 cm³/mol. The van der Waals surface area contributed by atoms with Crippen LogP contribution in [0, 0.1) is 0 Å². The van der Waals surface area contributed by atoms with E-state index < -0.39 is 0 Å². The lowest BCUT2D eigenvalue weighted by molar-refractivity contribution is 0.476. The molecule has 0 spiro atoms. The zero-order valence-electron chi connectivity index (χ0n) is 6.69. The maximum atomic E-state index is 9.13. The quantitative estimate of drug-likeness (QED) is 0.666. The summed E-state index contributed by atoms with van der Waals surface area (Å²) in [5.74, 6) is 0.323. The first-order valence-corrected chi connectivity index (χ1v) is 3.51. The van der Waals surface area contributed by atoms with Gasteiger partial charge in [0.1, 0.15) is 5.75 Å². The van der Waals surface area contributed by atoms with Crippen molar-refractivity contribution in [2.75, 3.05) is 0 Å². The zero-order valence-corrected chi connectivity index (χ0v) is 7.51. The molecule has 12 heavy (non-hydrogen) atoms. The Morgan fingerprint density at radius 1 is 1.25 bits per heavy atom. The van der Waals surface area contributed by atoms with Crippen LogP contribution in [0.2, 0.25) is 0 Å². The van der Waals surface area contributed by atoms with Gasteiger partial charge in [-0.3, -0.25) is 0 Å². The largest absolute Gasteiger partial charge is 0.508 e. The smallest absolute Gasteiger partial charge is 0.116 e. The average molecular weight is 184 g/mol. The maximum Gasteiger partial charge on any atom is 0.116 e. The second kappa shape index (κ2) is 3.07. The number of phenols is 1. The fourth-order valence-corrected chi connectivity index (χ4v) is 1.27. The van der Waals surface area contributed by atoms with Crippen LogP contribution >= 0.6 is 12.4 Å². The first-order valence-electron chi connectivity index (χ1n) is 3.51. The number of halogens is 1. The van der Waals surface area contributed by atoms with Gasteiger partial charge in [0, 0.05) is 24.1 Å². The first-order chi connectivity index (χ1) is 5.27. The second-order valence-corrected chi connectivity index (χ2v) is 2.67. The van der Waals surface area contributed by atoms with Crippen LogP contribution in [0.3, 0.4) is 0 Å². The average Bonchev–Trinajstić information content (AvgIpc) is 2.32. The number of hydrogen-bond acceptors (Lipinski definition) is 1. The topological polar surface area (TPSA) is 25.2 Å². The molecule has 0 unspecified atom stereocenters. The SMILES string of the molecule is Cl.Cn1ccc2cc(O)ccc21. The third kappa shape index (κ3) is 1.25. The van der Waals surface area contributed by atoms with E-state index in [-0.39, 0.29) is 12.4 Å². The number of aryl methyl sites for hydroxylation is 1. The summed E-state index contributed by atoms with van der Waals surface area (Å²) < 4.78 is 2.02. The molecule has 0 bridgehead atoms. The summed E-state index contributed by atoms with van der Waals surface area (Å²) in [4.78, 5) is 0. The molecule has 0 aliphatic carbocycles. The Bertz CT molecular complexity index is 394. The van der Waals surface area contributed by atoms with Gasteiger partial charge in [0.2, 0.25) is 0 Å². The van der Waals surface area contributed by atoms with Crippen molar-refractivity contribution in [3.8, 4) is 5.75 Å². The number of hydrogen-bond donors (Lipinski definition) is 1. The van der Waals surface area contributed by atoms with Crippen LogP contribution in [0.25, 0.3) is 10.9 Å². The van der Waals surface area contributed by atoms with Gasteiger partial charge in [-0.15, -0.1) is 12.4 Å². The third-order valence-corrected chi connectivity index (χ3v) is 1.87. The maximum absolute atomic E-state index is 9.13. The number of phenolic OH excluding ortho intramolecular Hbond substituents is 1. The van der Waals surface area contributed by atoms with E-state index in [0.29, 0.717) is 5.75 Å². The minimum absolute atomic E-state index is 0. The van der Waals surface area contributed by atoms with Crippen molar-refractivity contribution in [2.24, 2.45) is 7.05 Å². The molecule has 1 heterocycles. The summed E-state index contributed by atoms with van der Waals surface area (Å²) in [7, 11) is 1.99. The molecule has 1 N–H and O–H groups in total. The van der Waals surface area contributed by atoms with E-state index in [4.69, 9.17) is 5.11 Å². The number of nitrogens with zero attached hydrogens (tertiary/aromatic N) is 1. The van der Waals surface area contributed by atoms with E-state index in [2.05, 4.69) is 0 Å². The van der Waals surface area contributed by atoms with Gasteiger partial charge < -0.3 is 9.67 Å². The Hall–Kier alpha value is -1.15. The minimum atomic E-state index is 0. The highest BCUT2D eigenvalue weighted by Gasteiger charge is 1.96. The number of aromatic hydroxyl groups is 1. The first kappa shape index (κ1) is 8.94. The highest BCUT2D eigenvalue weighted by atomic mass is 35.5. The minimum Gasteiger partial charge on any atom is -0.508 e. The van der Waals surface area contributed by atoms with Crippen molar-refractivity contribution >= 4 is 23.3 Å². The summed E-state index contributed by atoms with van der Waals surface area (Å²) in [6, 6.07) is 7.34. The lowest BCUT2D eigenvalue weighted by Crippen LogP contribution is -1.81. The predicted octanol–water partition coefficient (Wildman–Crippen LogP) is 2.31. The Labute approximate surface area is 76.8 Å². The molecule has 0 amide bonds. The zero-order chi connectivity index (χ0) is 7.84. The molecule has 1 aromatic carbocycles. The van der Waals surface area contributed by atoms with E-state index in [9.17, 15) is 0 Å². The molecule has 1 aromatic heterocycles. The molecule has 0 saturated carbocycles. The molecule has 0 atom stereocenters. The summed E-state index contributed by atoms with van der Waals surface area (Å²) >= 11 is 0. The molecule has 0 aliphatic rings. The number of rotatable bonds is 0. The normalized spacial score (nSPS) is 9.75. The van der Waals surface area contributed by atoms with E-state index in [1.165, 1.54) is 0 Å². The van der Waals surface area contributed by atoms with Crippen LogP contribution in [-0.2, 0) is 7.05 Å². The molecule has 0 aliphatic heterocycles. The van der Waals surface area contributed by atoms with Gasteiger partial charge in [-0.2, -0.15) is 0 Å². The summed E-state index contributed by atoms with van der Waals surface area (Å²) in [6.45, 7) is 0. The molecule has 2 nitrogen and oxygen atoms in total.